The van der Waals surface area contributed by atoms with Gasteiger partial charge in [-0.2, -0.15) is 0 Å². The van der Waals surface area contributed by atoms with Crippen LogP contribution in [0.25, 0.3) is 81.8 Å². The maximum absolute atomic E-state index is 14.5. The summed E-state index contributed by atoms with van der Waals surface area (Å²) in [5.74, 6) is -0.235. The molecule has 0 bridgehead atoms. The normalized spacial score (nSPS) is 12.8. The number of hydrogen-bond acceptors (Lipinski definition) is 8. The van der Waals surface area contributed by atoms with Gasteiger partial charge in [-0.3, -0.25) is 14.5 Å². The zero-order chi connectivity index (χ0) is 49.4. The van der Waals surface area contributed by atoms with Crippen LogP contribution in [0.15, 0.2) is 97.1 Å². The largest absolute Gasteiger partial charge is 0.274 e. The Labute approximate surface area is 452 Å². The third-order valence-electron chi connectivity index (χ3n) is 14.6. The van der Waals surface area contributed by atoms with Crippen molar-refractivity contribution in [3.63, 3.8) is 0 Å². The minimum atomic E-state index is -0.119. The topological polar surface area (TPSA) is 37.4 Å². The maximum atomic E-state index is 14.5. The fourth-order valence-electron chi connectivity index (χ4n) is 10.7. The number of benzene rings is 3. The molecule has 10 rings (SSSR count). The first-order chi connectivity index (χ1) is 35.5. The molecule has 3 nitrogen and oxygen atoms in total. The van der Waals surface area contributed by atoms with E-state index in [2.05, 4.69) is 118 Å². The summed E-state index contributed by atoms with van der Waals surface area (Å²) in [4.78, 5) is 41.4. The van der Waals surface area contributed by atoms with E-state index in [-0.39, 0.29) is 11.8 Å². The number of imide groups is 1. The lowest BCUT2D eigenvalue weighted by atomic mass is 9.99. The summed E-state index contributed by atoms with van der Waals surface area (Å²) in [5.41, 5.74) is 5.66. The van der Waals surface area contributed by atoms with Crippen LogP contribution >= 0.6 is 68.0 Å². The van der Waals surface area contributed by atoms with Gasteiger partial charge in [0.2, 0.25) is 0 Å². The van der Waals surface area contributed by atoms with Crippen molar-refractivity contribution in [2.45, 2.75) is 156 Å². The average Bonchev–Trinajstić information content (AvgIpc) is 4.29. The Balaban J connectivity index is 1.11. The van der Waals surface area contributed by atoms with Gasteiger partial charge in [-0.25, -0.2) is 0 Å². The molecule has 0 fully saturated rings. The van der Waals surface area contributed by atoms with Gasteiger partial charge >= 0.3 is 0 Å². The van der Waals surface area contributed by atoms with Gasteiger partial charge in [-0.15, -0.1) is 68.0 Å². The van der Waals surface area contributed by atoms with Crippen molar-refractivity contribution in [2.24, 2.45) is 0 Å². The zero-order valence-corrected chi connectivity index (χ0v) is 47.4. The fraction of sp³-hybridized carbons (Fsp3) is 0.397. The van der Waals surface area contributed by atoms with Crippen LogP contribution in [-0.4, -0.2) is 23.3 Å². The molecule has 1 aliphatic rings. The van der Waals surface area contributed by atoms with E-state index in [1.165, 1.54) is 174 Å². The molecule has 7 heterocycles. The van der Waals surface area contributed by atoms with E-state index >= 15 is 0 Å². The first kappa shape index (κ1) is 51.3. The van der Waals surface area contributed by atoms with Gasteiger partial charge in [0, 0.05) is 77.4 Å². The highest BCUT2D eigenvalue weighted by molar-refractivity contribution is 7.33. The van der Waals surface area contributed by atoms with Gasteiger partial charge in [-0.1, -0.05) is 184 Å². The van der Waals surface area contributed by atoms with Crippen molar-refractivity contribution in [3.8, 4) is 51.5 Å². The molecular formula is C63H69NO2S6. The number of aryl methyl sites for hydroxylation is 2. The average molecular weight is 1060 g/mol. The molecule has 0 saturated carbocycles. The SMILES string of the molecule is CCCCCCCCCc1ccc(-c2c3cc(-c4ccccc4)sc3c(-c3ccc(CCCCCCCC)s3)c3cc(-c4sc(-c5ccccc5)c5c6c(sc45)C(=O)N(CCCCCCCC)C6=O)sc23)s1. The molecule has 0 radical (unpaired) electrons. The predicted molar refractivity (Wildman–Crippen MR) is 321 cm³/mol. The van der Waals surface area contributed by atoms with E-state index in [9.17, 15) is 9.59 Å². The third-order valence-corrected chi connectivity index (χ3v) is 22.0. The molecule has 374 valence electrons. The number of carbonyl (C=O) groups is 2. The number of hydrogen-bond donors (Lipinski definition) is 0. The second-order valence-electron chi connectivity index (χ2n) is 19.9. The highest BCUT2D eigenvalue weighted by Crippen LogP contribution is 2.58. The quantitative estimate of drug-likeness (QED) is 0.0380. The van der Waals surface area contributed by atoms with Crippen molar-refractivity contribution < 1.29 is 9.59 Å². The number of rotatable bonds is 27. The van der Waals surface area contributed by atoms with E-state index in [1.54, 1.807) is 27.6 Å². The monoisotopic (exact) mass is 1060 g/mol. The summed E-state index contributed by atoms with van der Waals surface area (Å²) >= 11 is 11.2. The molecule has 9 aromatic rings. The van der Waals surface area contributed by atoms with E-state index in [0.717, 1.165) is 52.6 Å². The second kappa shape index (κ2) is 24.4. The van der Waals surface area contributed by atoms with E-state index in [0.29, 0.717) is 17.0 Å². The lowest BCUT2D eigenvalue weighted by Crippen LogP contribution is -2.30. The summed E-state index contributed by atoms with van der Waals surface area (Å²) in [6.45, 7) is 7.31. The van der Waals surface area contributed by atoms with Crippen molar-refractivity contribution in [2.75, 3.05) is 6.54 Å². The molecule has 0 unspecified atom stereocenters. The van der Waals surface area contributed by atoms with Gasteiger partial charge in [0.25, 0.3) is 11.8 Å². The molecule has 2 amide bonds. The Morgan fingerprint density at radius 3 is 1.42 bits per heavy atom. The fourth-order valence-corrected chi connectivity index (χ4v) is 18.4. The Kier molecular flexibility index (Phi) is 17.4. The van der Waals surface area contributed by atoms with Gasteiger partial charge in [0.05, 0.1) is 15.1 Å². The maximum Gasteiger partial charge on any atom is 0.271 e. The minimum absolute atomic E-state index is 0.116. The Morgan fingerprint density at radius 1 is 0.375 bits per heavy atom. The lowest BCUT2D eigenvalue weighted by Gasteiger charge is -2.13. The van der Waals surface area contributed by atoms with Crippen LogP contribution in [0, 0.1) is 0 Å². The highest BCUT2D eigenvalue weighted by atomic mass is 32.1. The number of amides is 2. The summed E-state index contributed by atoms with van der Waals surface area (Å²) in [7, 11) is 0. The van der Waals surface area contributed by atoms with Gasteiger partial charge < -0.3 is 0 Å². The second-order valence-corrected chi connectivity index (χ2v) is 26.4. The Bertz CT molecular complexity index is 3250. The van der Waals surface area contributed by atoms with Crippen molar-refractivity contribution >= 4 is 110 Å². The summed E-state index contributed by atoms with van der Waals surface area (Å²) < 4.78 is 3.75. The standard InChI is InChI=1S/C63H69NO2S6/c1-4-7-10-13-16-18-27-34-45-35-37-48(67-45)52-46-40-50(42-29-22-20-23-30-42)69-57(46)53(49-38-36-44(68-49)33-26-17-14-11-8-5-2)47-41-51(70-58(47)52)59-60-54(56(71-59)43-31-24-21-25-32-43)55-61(72-60)63(66)64(62(55)65)39-28-19-15-12-9-6-3/h20-25,29-32,35-38,40-41H,4-19,26-28,33-34,39H2,1-3H3. The Hall–Kier alpha value is -4.22. The number of fused-ring (bicyclic) bond motifs is 5. The molecule has 9 heteroatoms. The minimum Gasteiger partial charge on any atom is -0.274 e. The lowest BCUT2D eigenvalue weighted by molar-refractivity contribution is 0.0653. The molecule has 0 spiro atoms. The number of nitrogens with zero attached hydrogens (tertiary/aromatic N) is 1. The molecule has 0 saturated heterocycles. The molecule has 0 aliphatic carbocycles. The van der Waals surface area contributed by atoms with E-state index < -0.39 is 0 Å². The molecule has 1 aliphatic heterocycles. The van der Waals surface area contributed by atoms with Crippen LogP contribution in [0.1, 0.15) is 173 Å². The van der Waals surface area contributed by atoms with Crippen molar-refractivity contribution in [1.29, 1.82) is 0 Å². The summed E-state index contributed by atoms with van der Waals surface area (Å²) in [6, 6.07) is 36.1. The highest BCUT2D eigenvalue weighted by Gasteiger charge is 2.41. The van der Waals surface area contributed by atoms with Crippen LogP contribution in [0.2, 0.25) is 0 Å². The molecule has 6 aromatic heterocycles. The first-order valence-corrected chi connectivity index (χ1v) is 32.1. The van der Waals surface area contributed by atoms with Gasteiger partial charge in [0.1, 0.15) is 4.88 Å². The molecular weight excluding hydrogens is 995 g/mol. The zero-order valence-electron chi connectivity index (χ0n) is 42.5. The van der Waals surface area contributed by atoms with Crippen LogP contribution in [0.5, 0.6) is 0 Å². The molecule has 0 atom stereocenters. The number of carbonyl (C=O) groups excluding carboxylic acids is 2. The van der Waals surface area contributed by atoms with Crippen LogP contribution in [0.3, 0.4) is 0 Å². The predicted octanol–water partition coefficient (Wildman–Crippen LogP) is 22.0. The molecule has 72 heavy (non-hydrogen) atoms. The van der Waals surface area contributed by atoms with Crippen LogP contribution in [0.4, 0.5) is 0 Å². The van der Waals surface area contributed by atoms with E-state index in [1.807, 2.05) is 45.3 Å². The first-order valence-electron chi connectivity index (χ1n) is 27.2. The number of thiophene rings is 6. The molecule has 0 N–H and O–H groups in total. The van der Waals surface area contributed by atoms with E-state index in [4.69, 9.17) is 0 Å². The number of unbranched alkanes of at least 4 members (excludes halogenated alkanes) is 16. The van der Waals surface area contributed by atoms with Crippen molar-refractivity contribution in [1.82, 2.24) is 4.90 Å². The third kappa shape index (κ3) is 10.9. The van der Waals surface area contributed by atoms with Crippen LogP contribution < -0.4 is 0 Å². The summed E-state index contributed by atoms with van der Waals surface area (Å²) in [6.07, 6.45) is 25.9. The smallest absolute Gasteiger partial charge is 0.271 e. The van der Waals surface area contributed by atoms with Crippen molar-refractivity contribution in [3.05, 3.63) is 117 Å². The van der Waals surface area contributed by atoms with Crippen LogP contribution in [-0.2, 0) is 12.8 Å². The molecule has 3 aromatic carbocycles. The Morgan fingerprint density at radius 2 is 0.861 bits per heavy atom. The van der Waals surface area contributed by atoms with Gasteiger partial charge in [0.15, 0.2) is 0 Å². The van der Waals surface area contributed by atoms with Gasteiger partial charge in [-0.05, 0) is 79.6 Å². The summed E-state index contributed by atoms with van der Waals surface area (Å²) in [5, 5.41) is 3.60.